The molecule has 0 bridgehead atoms. The maximum atomic E-state index is 11.8. The van der Waals surface area contributed by atoms with Gasteiger partial charge in [-0.15, -0.1) is 0 Å². The van der Waals surface area contributed by atoms with Crippen molar-refractivity contribution in [2.45, 2.75) is 6.10 Å². The summed E-state index contributed by atoms with van der Waals surface area (Å²) in [4.78, 5) is 11.8. The second-order valence-electron chi connectivity index (χ2n) is 5.50. The van der Waals surface area contributed by atoms with Crippen LogP contribution in [-0.2, 0) is 4.74 Å². The van der Waals surface area contributed by atoms with Crippen LogP contribution in [0, 0.1) is 0 Å². The minimum Gasteiger partial charge on any atom is -0.493 e. The molecule has 146 valence electrons. The highest BCUT2D eigenvalue weighted by molar-refractivity contribution is 5.82. The Kier molecular flexibility index (Phi) is 6.90. The van der Waals surface area contributed by atoms with Crippen molar-refractivity contribution in [3.05, 3.63) is 41.0 Å². The minimum atomic E-state index is -0.611. The molecule has 0 saturated heterocycles. The zero-order valence-corrected chi connectivity index (χ0v) is 16.3. The van der Waals surface area contributed by atoms with Gasteiger partial charge in [0.15, 0.2) is 29.3 Å². The number of methoxy groups -OCH3 is 6. The van der Waals surface area contributed by atoms with Crippen molar-refractivity contribution < 1.29 is 33.2 Å². The van der Waals surface area contributed by atoms with E-state index < -0.39 is 6.10 Å². The van der Waals surface area contributed by atoms with Gasteiger partial charge in [0, 0.05) is 18.2 Å². The highest BCUT2D eigenvalue weighted by Gasteiger charge is 2.28. The Balaban J connectivity index is 2.74. The number of benzene rings is 2. The molecule has 0 radical (unpaired) electrons. The first-order chi connectivity index (χ1) is 13.1. The summed E-state index contributed by atoms with van der Waals surface area (Å²) >= 11 is 0. The first kappa shape index (κ1) is 20.4. The third-order valence-corrected chi connectivity index (χ3v) is 4.24. The fourth-order valence-corrected chi connectivity index (χ4v) is 3.00. The van der Waals surface area contributed by atoms with Crippen LogP contribution < -0.4 is 23.7 Å². The van der Waals surface area contributed by atoms with Crippen molar-refractivity contribution in [3.63, 3.8) is 0 Å². The van der Waals surface area contributed by atoms with Crippen LogP contribution in [0.2, 0.25) is 0 Å². The van der Waals surface area contributed by atoms with Gasteiger partial charge >= 0.3 is 0 Å². The Bertz CT molecular complexity index is 801. The normalized spacial score (nSPS) is 11.5. The van der Waals surface area contributed by atoms with Crippen LogP contribution in [0.25, 0.3) is 0 Å². The van der Waals surface area contributed by atoms with Crippen molar-refractivity contribution >= 4 is 6.29 Å². The lowest BCUT2D eigenvalue weighted by atomic mass is 9.94. The highest BCUT2D eigenvalue weighted by atomic mass is 16.5. The van der Waals surface area contributed by atoms with Gasteiger partial charge in [-0.3, -0.25) is 4.79 Å². The largest absolute Gasteiger partial charge is 0.493 e. The molecule has 7 nitrogen and oxygen atoms in total. The topological polar surface area (TPSA) is 72.5 Å². The SMILES string of the molecule is COc1ccc(C(OC)c2c(C=O)cc(OC)c(OC)c2OC)cc1OC. The second-order valence-corrected chi connectivity index (χ2v) is 5.50. The van der Waals surface area contributed by atoms with Crippen LogP contribution in [0.15, 0.2) is 24.3 Å². The third kappa shape index (κ3) is 3.78. The lowest BCUT2D eigenvalue weighted by Crippen LogP contribution is -2.11. The Morgan fingerprint density at radius 2 is 1.37 bits per heavy atom. The lowest BCUT2D eigenvalue weighted by molar-refractivity contribution is 0.110. The Labute approximate surface area is 158 Å². The second kappa shape index (κ2) is 9.14. The molecule has 0 heterocycles. The molecule has 0 spiro atoms. The fourth-order valence-electron chi connectivity index (χ4n) is 3.00. The van der Waals surface area contributed by atoms with E-state index in [2.05, 4.69) is 0 Å². The molecule has 27 heavy (non-hydrogen) atoms. The molecule has 0 saturated carbocycles. The van der Waals surface area contributed by atoms with Crippen LogP contribution in [0.1, 0.15) is 27.6 Å². The molecule has 1 atom stereocenters. The molecule has 1 unspecified atom stereocenters. The van der Waals surface area contributed by atoms with E-state index in [1.54, 1.807) is 39.5 Å². The van der Waals surface area contributed by atoms with Gasteiger partial charge in [0.2, 0.25) is 5.75 Å². The van der Waals surface area contributed by atoms with E-state index in [4.69, 9.17) is 28.4 Å². The minimum absolute atomic E-state index is 0.362. The summed E-state index contributed by atoms with van der Waals surface area (Å²) in [6.45, 7) is 0. The summed E-state index contributed by atoms with van der Waals surface area (Å²) in [6, 6.07) is 6.99. The van der Waals surface area contributed by atoms with Gasteiger partial charge < -0.3 is 28.4 Å². The monoisotopic (exact) mass is 376 g/mol. The number of ether oxygens (including phenoxy) is 6. The predicted octanol–water partition coefficient (Wildman–Crippen LogP) is 3.28. The molecule has 0 aliphatic heterocycles. The zero-order valence-electron chi connectivity index (χ0n) is 16.3. The van der Waals surface area contributed by atoms with Crippen LogP contribution in [0.4, 0.5) is 0 Å². The van der Waals surface area contributed by atoms with E-state index in [0.29, 0.717) is 39.9 Å². The maximum Gasteiger partial charge on any atom is 0.203 e. The van der Waals surface area contributed by atoms with Gasteiger partial charge in [-0.05, 0) is 23.8 Å². The number of carbonyl (C=O) groups is 1. The molecule has 0 amide bonds. The third-order valence-electron chi connectivity index (χ3n) is 4.24. The average Bonchev–Trinajstić information content (AvgIpc) is 2.72. The Hall–Kier alpha value is -2.93. The molecule has 0 N–H and O–H groups in total. The molecular weight excluding hydrogens is 352 g/mol. The molecular formula is C20H24O7. The number of aldehydes is 1. The van der Waals surface area contributed by atoms with E-state index in [0.717, 1.165) is 11.8 Å². The van der Waals surface area contributed by atoms with Gasteiger partial charge in [-0.1, -0.05) is 6.07 Å². The van der Waals surface area contributed by atoms with Gasteiger partial charge in [-0.2, -0.15) is 0 Å². The van der Waals surface area contributed by atoms with Crippen LogP contribution in [-0.4, -0.2) is 48.9 Å². The molecule has 0 aliphatic rings. The van der Waals surface area contributed by atoms with Crippen molar-refractivity contribution in [2.75, 3.05) is 42.7 Å². The van der Waals surface area contributed by atoms with Crippen molar-refractivity contribution in [2.24, 2.45) is 0 Å². The smallest absolute Gasteiger partial charge is 0.203 e. The summed E-state index contributed by atoms with van der Waals surface area (Å²) in [6.07, 6.45) is 0.117. The lowest BCUT2D eigenvalue weighted by Gasteiger charge is -2.24. The van der Waals surface area contributed by atoms with Crippen molar-refractivity contribution in [1.82, 2.24) is 0 Å². The van der Waals surface area contributed by atoms with Crippen molar-refractivity contribution in [1.29, 1.82) is 0 Å². The van der Waals surface area contributed by atoms with Crippen molar-refractivity contribution in [3.8, 4) is 28.7 Å². The Morgan fingerprint density at radius 3 is 1.85 bits per heavy atom. The van der Waals surface area contributed by atoms with Crippen LogP contribution >= 0.6 is 0 Å². The number of hydrogen-bond donors (Lipinski definition) is 0. The number of hydrogen-bond acceptors (Lipinski definition) is 7. The zero-order chi connectivity index (χ0) is 20.0. The molecule has 0 aliphatic carbocycles. The molecule has 2 aromatic carbocycles. The fraction of sp³-hybridized carbons (Fsp3) is 0.350. The van der Waals surface area contributed by atoms with Gasteiger partial charge in [-0.25, -0.2) is 0 Å². The summed E-state index contributed by atoms with van der Waals surface area (Å²) in [7, 11) is 9.16. The first-order valence-electron chi connectivity index (χ1n) is 8.12. The summed E-state index contributed by atoms with van der Waals surface area (Å²) in [5, 5.41) is 0. The van der Waals surface area contributed by atoms with E-state index in [9.17, 15) is 4.79 Å². The standard InChI is InChI=1S/C20H24O7/c1-22-14-8-7-12(9-15(14)23-2)18(25-4)17-13(11-21)10-16(24-3)19(26-5)20(17)27-6/h7-11,18H,1-6H3. The summed E-state index contributed by atoms with van der Waals surface area (Å²) in [5.74, 6) is 2.27. The van der Waals surface area contributed by atoms with E-state index in [1.807, 2.05) is 6.07 Å². The molecule has 0 fully saturated rings. The number of carbonyl (C=O) groups excluding carboxylic acids is 1. The van der Waals surface area contributed by atoms with Crippen LogP contribution in [0.5, 0.6) is 28.7 Å². The number of rotatable bonds is 9. The Morgan fingerprint density at radius 1 is 0.741 bits per heavy atom. The van der Waals surface area contributed by atoms with Gasteiger partial charge in [0.05, 0.1) is 35.5 Å². The molecule has 7 heteroatoms. The summed E-state index contributed by atoms with van der Waals surface area (Å²) < 4.78 is 32.7. The first-order valence-corrected chi connectivity index (χ1v) is 8.12. The van der Waals surface area contributed by atoms with E-state index in [1.165, 1.54) is 21.3 Å². The van der Waals surface area contributed by atoms with E-state index in [-0.39, 0.29) is 0 Å². The predicted molar refractivity (Wildman–Crippen MR) is 99.9 cm³/mol. The average molecular weight is 376 g/mol. The quantitative estimate of drug-likeness (QED) is 0.622. The van der Waals surface area contributed by atoms with Gasteiger partial charge in [0.25, 0.3) is 0 Å². The highest BCUT2D eigenvalue weighted by Crippen LogP contribution is 2.47. The molecule has 0 aromatic heterocycles. The van der Waals surface area contributed by atoms with E-state index >= 15 is 0 Å². The maximum absolute atomic E-state index is 11.8. The van der Waals surface area contributed by atoms with Crippen LogP contribution in [0.3, 0.4) is 0 Å². The molecule has 2 rings (SSSR count). The summed E-state index contributed by atoms with van der Waals surface area (Å²) in [5.41, 5.74) is 1.65. The van der Waals surface area contributed by atoms with Gasteiger partial charge in [0.1, 0.15) is 6.10 Å². The molecule has 2 aromatic rings.